The molecule has 2 aromatic rings. The van der Waals surface area contributed by atoms with Crippen LogP contribution in [-0.2, 0) is 27.9 Å². The van der Waals surface area contributed by atoms with Crippen LogP contribution in [-0.4, -0.2) is 74.7 Å². The van der Waals surface area contributed by atoms with Gasteiger partial charge in [-0.25, -0.2) is 12.8 Å². The molecular formula is C25H33FN4O3S. The number of carbonyl (C=O) groups is 1. The second kappa shape index (κ2) is 10.9. The van der Waals surface area contributed by atoms with Crippen molar-refractivity contribution in [2.45, 2.75) is 30.8 Å². The fourth-order valence-corrected chi connectivity index (χ4v) is 6.09. The molecule has 1 unspecified atom stereocenters. The van der Waals surface area contributed by atoms with Crippen LogP contribution in [0.3, 0.4) is 0 Å². The lowest BCUT2D eigenvalue weighted by Gasteiger charge is -2.32. The highest BCUT2D eigenvalue weighted by Gasteiger charge is 2.33. The third kappa shape index (κ3) is 6.21. The van der Waals surface area contributed by atoms with Crippen LogP contribution in [0.1, 0.15) is 24.0 Å². The number of hydrogen-bond donors (Lipinski definition) is 1. The molecule has 0 aromatic heterocycles. The lowest BCUT2D eigenvalue weighted by molar-refractivity contribution is -0.126. The number of nitrogens with zero attached hydrogens (tertiary/aromatic N) is 3. The Morgan fingerprint density at radius 2 is 1.74 bits per heavy atom. The van der Waals surface area contributed by atoms with Gasteiger partial charge < -0.3 is 10.2 Å². The van der Waals surface area contributed by atoms with Gasteiger partial charge in [0.1, 0.15) is 5.82 Å². The van der Waals surface area contributed by atoms with Gasteiger partial charge in [-0.2, -0.15) is 4.31 Å². The minimum atomic E-state index is -3.76. The van der Waals surface area contributed by atoms with Gasteiger partial charge >= 0.3 is 0 Å². The van der Waals surface area contributed by atoms with Crippen molar-refractivity contribution in [1.29, 1.82) is 0 Å². The molecule has 0 aliphatic carbocycles. The van der Waals surface area contributed by atoms with Crippen LogP contribution in [0, 0.1) is 11.7 Å². The number of carbonyl (C=O) groups excluding carboxylic acids is 1. The Hall–Kier alpha value is -2.33. The van der Waals surface area contributed by atoms with E-state index in [9.17, 15) is 17.6 Å². The van der Waals surface area contributed by atoms with Gasteiger partial charge in [0, 0.05) is 52.4 Å². The predicted molar refractivity (Wildman–Crippen MR) is 129 cm³/mol. The van der Waals surface area contributed by atoms with Gasteiger partial charge in [-0.05, 0) is 55.3 Å². The van der Waals surface area contributed by atoms with Gasteiger partial charge in [0.05, 0.1) is 10.8 Å². The summed E-state index contributed by atoms with van der Waals surface area (Å²) in [5.74, 6) is -1.02. The number of halogens is 1. The van der Waals surface area contributed by atoms with Gasteiger partial charge in [-0.3, -0.25) is 9.69 Å². The zero-order valence-electron chi connectivity index (χ0n) is 19.6. The molecule has 2 heterocycles. The Morgan fingerprint density at radius 3 is 2.47 bits per heavy atom. The second-order valence-corrected chi connectivity index (χ2v) is 11.2. The monoisotopic (exact) mass is 488 g/mol. The van der Waals surface area contributed by atoms with Gasteiger partial charge in [0.2, 0.25) is 15.9 Å². The average Bonchev–Trinajstić information content (AvgIpc) is 2.84. The van der Waals surface area contributed by atoms with E-state index in [1.807, 2.05) is 12.1 Å². The summed E-state index contributed by atoms with van der Waals surface area (Å²) in [5, 5.41) is 2.99. The van der Waals surface area contributed by atoms with Crippen LogP contribution in [0.4, 0.5) is 4.39 Å². The van der Waals surface area contributed by atoms with E-state index in [1.54, 1.807) is 0 Å². The lowest BCUT2D eigenvalue weighted by Crippen LogP contribution is -2.45. The molecule has 0 bridgehead atoms. The summed E-state index contributed by atoms with van der Waals surface area (Å²) in [6.45, 7) is 6.06. The van der Waals surface area contributed by atoms with Gasteiger partial charge in [0.25, 0.3) is 0 Å². The molecular weight excluding hydrogens is 455 g/mol. The number of piperidine rings is 1. The van der Waals surface area contributed by atoms with Crippen molar-refractivity contribution in [3.8, 4) is 0 Å². The molecule has 0 radical (unpaired) electrons. The molecule has 4 rings (SSSR count). The average molecular weight is 489 g/mol. The zero-order chi connectivity index (χ0) is 24.1. The summed E-state index contributed by atoms with van der Waals surface area (Å²) >= 11 is 0. The van der Waals surface area contributed by atoms with Crippen molar-refractivity contribution < 1.29 is 17.6 Å². The molecule has 9 heteroatoms. The molecule has 184 valence electrons. The Kier molecular flexibility index (Phi) is 7.98. The van der Waals surface area contributed by atoms with Gasteiger partial charge in [-0.15, -0.1) is 0 Å². The van der Waals surface area contributed by atoms with Crippen LogP contribution in [0.15, 0.2) is 53.4 Å². The summed E-state index contributed by atoms with van der Waals surface area (Å²) in [4.78, 5) is 17.7. The number of likely N-dealkylation sites (N-methyl/N-ethyl adjacent to an activating group) is 1. The summed E-state index contributed by atoms with van der Waals surface area (Å²) in [6.07, 6.45) is 1.25. The molecule has 1 amide bonds. The number of amides is 1. The maximum absolute atomic E-state index is 13.2. The van der Waals surface area contributed by atoms with Gasteiger partial charge in [-0.1, -0.05) is 24.3 Å². The SMILES string of the molecule is CN1CCN(Cc2cccc(CNC(=O)C3CCCN(S(=O)(=O)c4ccc(F)cc4)C3)c2)CC1. The van der Waals surface area contributed by atoms with Crippen molar-refractivity contribution in [2.75, 3.05) is 46.3 Å². The Bertz CT molecular complexity index is 1090. The fourth-order valence-electron chi connectivity index (χ4n) is 4.57. The van der Waals surface area contributed by atoms with Gasteiger partial charge in [0.15, 0.2) is 0 Å². The summed E-state index contributed by atoms with van der Waals surface area (Å²) in [6, 6.07) is 13.1. The third-order valence-electron chi connectivity index (χ3n) is 6.67. The number of nitrogens with one attached hydrogen (secondary N) is 1. The molecule has 2 fully saturated rings. The predicted octanol–water partition coefficient (Wildman–Crippen LogP) is 2.29. The molecule has 2 aliphatic heterocycles. The van der Waals surface area contributed by atoms with Crippen molar-refractivity contribution in [2.24, 2.45) is 5.92 Å². The quantitative estimate of drug-likeness (QED) is 0.648. The van der Waals surface area contributed by atoms with E-state index in [2.05, 4.69) is 34.3 Å². The summed E-state index contributed by atoms with van der Waals surface area (Å²) < 4.78 is 40.4. The van der Waals surface area contributed by atoms with Crippen LogP contribution >= 0.6 is 0 Å². The fraction of sp³-hybridized carbons (Fsp3) is 0.480. The van der Waals surface area contributed by atoms with E-state index in [0.717, 1.165) is 50.4 Å². The van der Waals surface area contributed by atoms with Crippen molar-refractivity contribution in [1.82, 2.24) is 19.4 Å². The first-order valence-electron chi connectivity index (χ1n) is 11.8. The first-order valence-corrected chi connectivity index (χ1v) is 13.3. The largest absolute Gasteiger partial charge is 0.352 e. The highest BCUT2D eigenvalue weighted by molar-refractivity contribution is 7.89. The smallest absolute Gasteiger partial charge is 0.243 e. The Labute approximate surface area is 201 Å². The molecule has 2 aliphatic rings. The molecule has 1 atom stereocenters. The summed E-state index contributed by atoms with van der Waals surface area (Å²) in [5.41, 5.74) is 2.26. The van der Waals surface area contributed by atoms with E-state index in [0.29, 0.717) is 25.9 Å². The van der Waals surface area contributed by atoms with Crippen molar-refractivity contribution in [3.05, 3.63) is 65.5 Å². The van der Waals surface area contributed by atoms with Crippen LogP contribution < -0.4 is 5.32 Å². The van der Waals surface area contributed by atoms with Crippen molar-refractivity contribution >= 4 is 15.9 Å². The number of hydrogen-bond acceptors (Lipinski definition) is 5. The van der Waals surface area contributed by atoms with E-state index in [4.69, 9.17) is 0 Å². The highest BCUT2D eigenvalue weighted by atomic mass is 32.2. The molecule has 0 saturated carbocycles. The van der Waals surface area contributed by atoms with Crippen LogP contribution in [0.5, 0.6) is 0 Å². The molecule has 34 heavy (non-hydrogen) atoms. The third-order valence-corrected chi connectivity index (χ3v) is 8.55. The number of benzene rings is 2. The zero-order valence-corrected chi connectivity index (χ0v) is 20.4. The molecule has 7 nitrogen and oxygen atoms in total. The molecule has 1 N–H and O–H groups in total. The van der Waals surface area contributed by atoms with Crippen LogP contribution in [0.25, 0.3) is 0 Å². The van der Waals surface area contributed by atoms with Crippen LogP contribution in [0.2, 0.25) is 0 Å². The minimum Gasteiger partial charge on any atom is -0.352 e. The normalized spacial score (nSPS) is 20.8. The Balaban J connectivity index is 1.32. The van der Waals surface area contributed by atoms with E-state index < -0.39 is 21.8 Å². The molecule has 0 spiro atoms. The number of piperazine rings is 1. The van der Waals surface area contributed by atoms with E-state index >= 15 is 0 Å². The standard InChI is InChI=1S/C25H33FN4O3S/c1-28-12-14-29(15-13-28)18-21-5-2-4-20(16-21)17-27-25(31)22-6-3-11-30(19-22)34(32,33)24-9-7-23(26)8-10-24/h2,4-5,7-10,16,22H,3,6,11-15,17-19H2,1H3,(H,27,31). The first kappa shape index (κ1) is 24.8. The number of rotatable bonds is 7. The first-order chi connectivity index (χ1) is 16.3. The number of sulfonamides is 1. The van der Waals surface area contributed by atoms with E-state index in [1.165, 1.54) is 22.0 Å². The topological polar surface area (TPSA) is 73.0 Å². The minimum absolute atomic E-state index is 0.0483. The summed E-state index contributed by atoms with van der Waals surface area (Å²) in [7, 11) is -1.61. The highest BCUT2D eigenvalue weighted by Crippen LogP contribution is 2.24. The maximum Gasteiger partial charge on any atom is 0.243 e. The van der Waals surface area contributed by atoms with E-state index in [-0.39, 0.29) is 17.3 Å². The maximum atomic E-state index is 13.2. The Morgan fingerprint density at radius 1 is 1.03 bits per heavy atom. The lowest BCUT2D eigenvalue weighted by atomic mass is 9.98. The molecule has 2 aromatic carbocycles. The second-order valence-electron chi connectivity index (χ2n) is 9.27. The molecule has 2 saturated heterocycles. The van der Waals surface area contributed by atoms with Crippen molar-refractivity contribution in [3.63, 3.8) is 0 Å².